The Morgan fingerprint density at radius 3 is 2.73 bits per heavy atom. The van der Waals surface area contributed by atoms with Crippen LogP contribution in [0.5, 0.6) is 0 Å². The monoisotopic (exact) mass is 205 g/mol. The second-order valence-corrected chi connectivity index (χ2v) is 4.58. The van der Waals surface area contributed by atoms with Gasteiger partial charge in [-0.1, -0.05) is 37.3 Å². The molecule has 1 aromatic rings. The molecular weight excluding hydrogens is 186 g/mol. The summed E-state index contributed by atoms with van der Waals surface area (Å²) >= 11 is 0. The highest BCUT2D eigenvalue weighted by Crippen LogP contribution is 2.19. The van der Waals surface area contributed by atoms with Crippen molar-refractivity contribution >= 4 is 0 Å². The highest BCUT2D eigenvalue weighted by Gasteiger charge is 2.21. The van der Waals surface area contributed by atoms with Crippen molar-refractivity contribution < 1.29 is 5.11 Å². The first-order chi connectivity index (χ1) is 7.25. The van der Waals surface area contributed by atoms with Crippen molar-refractivity contribution in [3.05, 3.63) is 35.9 Å². The Balaban J connectivity index is 1.90. The fourth-order valence-corrected chi connectivity index (χ4v) is 2.22. The zero-order valence-corrected chi connectivity index (χ0v) is 9.26. The summed E-state index contributed by atoms with van der Waals surface area (Å²) in [6.07, 6.45) is 0.929. The average molecular weight is 205 g/mol. The van der Waals surface area contributed by atoms with E-state index in [1.807, 2.05) is 30.3 Å². The van der Waals surface area contributed by atoms with Crippen LogP contribution >= 0.6 is 0 Å². The summed E-state index contributed by atoms with van der Waals surface area (Å²) in [4.78, 5) is 2.35. The Labute approximate surface area is 91.5 Å². The smallest absolute Gasteiger partial charge is 0.0916 e. The SMILES string of the molecule is CC1CCN(CC(O)c2ccccc2)C1. The van der Waals surface area contributed by atoms with E-state index in [1.54, 1.807) is 0 Å². The average Bonchev–Trinajstić information content (AvgIpc) is 2.65. The normalized spacial score (nSPS) is 24.3. The molecule has 1 aliphatic rings. The molecule has 0 aromatic heterocycles. The van der Waals surface area contributed by atoms with Gasteiger partial charge >= 0.3 is 0 Å². The van der Waals surface area contributed by atoms with Crippen LogP contribution < -0.4 is 0 Å². The van der Waals surface area contributed by atoms with Crippen LogP contribution in [-0.2, 0) is 0 Å². The fourth-order valence-electron chi connectivity index (χ4n) is 2.22. The Morgan fingerprint density at radius 2 is 2.13 bits per heavy atom. The zero-order valence-electron chi connectivity index (χ0n) is 9.26. The minimum absolute atomic E-state index is 0.337. The molecule has 2 nitrogen and oxygen atoms in total. The highest BCUT2D eigenvalue weighted by atomic mass is 16.3. The lowest BCUT2D eigenvalue weighted by Gasteiger charge is -2.19. The van der Waals surface area contributed by atoms with Gasteiger partial charge in [-0.05, 0) is 24.4 Å². The van der Waals surface area contributed by atoms with Crippen LogP contribution in [0, 0.1) is 5.92 Å². The number of β-amino-alcohol motifs (C(OH)–C–C–N with tert-alkyl or cyclic N) is 1. The van der Waals surface area contributed by atoms with Crippen molar-refractivity contribution in [3.8, 4) is 0 Å². The van der Waals surface area contributed by atoms with Gasteiger partial charge in [0, 0.05) is 13.1 Å². The molecule has 0 aliphatic carbocycles. The largest absolute Gasteiger partial charge is 0.387 e. The van der Waals surface area contributed by atoms with E-state index in [-0.39, 0.29) is 6.10 Å². The van der Waals surface area contributed by atoms with E-state index in [0.717, 1.165) is 31.1 Å². The number of rotatable bonds is 3. The van der Waals surface area contributed by atoms with Gasteiger partial charge in [0.15, 0.2) is 0 Å². The first-order valence-corrected chi connectivity index (χ1v) is 5.71. The first kappa shape index (κ1) is 10.7. The third-order valence-corrected chi connectivity index (χ3v) is 3.12. The summed E-state index contributed by atoms with van der Waals surface area (Å²) in [7, 11) is 0. The van der Waals surface area contributed by atoms with E-state index in [9.17, 15) is 5.11 Å². The summed E-state index contributed by atoms with van der Waals surface area (Å²) in [5.41, 5.74) is 1.03. The minimum Gasteiger partial charge on any atom is -0.387 e. The van der Waals surface area contributed by atoms with Gasteiger partial charge in [-0.3, -0.25) is 0 Å². The number of hydrogen-bond acceptors (Lipinski definition) is 2. The van der Waals surface area contributed by atoms with E-state index in [4.69, 9.17) is 0 Å². The maximum absolute atomic E-state index is 10.0. The molecule has 0 radical (unpaired) electrons. The number of aliphatic hydroxyl groups is 1. The molecule has 0 spiro atoms. The van der Waals surface area contributed by atoms with Crippen molar-refractivity contribution in [3.63, 3.8) is 0 Å². The molecule has 2 heteroatoms. The van der Waals surface area contributed by atoms with Crippen molar-refractivity contribution in [2.45, 2.75) is 19.4 Å². The van der Waals surface area contributed by atoms with Crippen LogP contribution in [-0.4, -0.2) is 29.6 Å². The quantitative estimate of drug-likeness (QED) is 0.816. The van der Waals surface area contributed by atoms with Crippen LogP contribution in [0.15, 0.2) is 30.3 Å². The predicted octanol–water partition coefficient (Wildman–Crippen LogP) is 2.06. The van der Waals surface area contributed by atoms with Crippen LogP contribution in [0.1, 0.15) is 25.0 Å². The number of likely N-dealkylation sites (tertiary alicyclic amines) is 1. The van der Waals surface area contributed by atoms with Crippen LogP contribution in [0.2, 0.25) is 0 Å². The van der Waals surface area contributed by atoms with Crippen molar-refractivity contribution in [2.24, 2.45) is 5.92 Å². The van der Waals surface area contributed by atoms with Gasteiger partial charge < -0.3 is 10.0 Å². The van der Waals surface area contributed by atoms with E-state index < -0.39 is 0 Å². The molecule has 2 unspecified atom stereocenters. The number of hydrogen-bond donors (Lipinski definition) is 1. The summed E-state index contributed by atoms with van der Waals surface area (Å²) in [6, 6.07) is 9.92. The van der Waals surface area contributed by atoms with Gasteiger partial charge in [-0.2, -0.15) is 0 Å². The second kappa shape index (κ2) is 4.77. The Morgan fingerprint density at radius 1 is 1.40 bits per heavy atom. The Bertz CT molecular complexity index is 299. The number of nitrogens with zero attached hydrogens (tertiary/aromatic N) is 1. The molecule has 1 aliphatic heterocycles. The van der Waals surface area contributed by atoms with Crippen molar-refractivity contribution in [1.82, 2.24) is 4.90 Å². The molecule has 0 bridgehead atoms. The molecule has 0 amide bonds. The third kappa shape index (κ3) is 2.80. The molecule has 1 fully saturated rings. The molecule has 15 heavy (non-hydrogen) atoms. The summed E-state index contributed by atoms with van der Waals surface area (Å²) in [5, 5.41) is 10.0. The molecule has 1 saturated heterocycles. The maximum atomic E-state index is 10.0. The van der Waals surface area contributed by atoms with Crippen LogP contribution in [0.4, 0.5) is 0 Å². The van der Waals surface area contributed by atoms with Crippen molar-refractivity contribution in [1.29, 1.82) is 0 Å². The molecule has 2 atom stereocenters. The molecule has 82 valence electrons. The molecule has 1 N–H and O–H groups in total. The predicted molar refractivity (Wildman–Crippen MR) is 61.6 cm³/mol. The Hall–Kier alpha value is -0.860. The Kier molecular flexibility index (Phi) is 3.39. The maximum Gasteiger partial charge on any atom is 0.0916 e. The van der Waals surface area contributed by atoms with Crippen LogP contribution in [0.3, 0.4) is 0 Å². The van der Waals surface area contributed by atoms with Gasteiger partial charge in [0.25, 0.3) is 0 Å². The lowest BCUT2D eigenvalue weighted by Crippen LogP contribution is -2.26. The van der Waals surface area contributed by atoms with Gasteiger partial charge in [0.2, 0.25) is 0 Å². The molecule has 0 saturated carbocycles. The number of benzene rings is 1. The van der Waals surface area contributed by atoms with Gasteiger partial charge in [0.05, 0.1) is 6.10 Å². The van der Waals surface area contributed by atoms with E-state index >= 15 is 0 Å². The standard InChI is InChI=1S/C13H19NO/c1-11-7-8-14(9-11)10-13(15)12-5-3-2-4-6-12/h2-6,11,13,15H,7-10H2,1H3. The van der Waals surface area contributed by atoms with E-state index in [1.165, 1.54) is 6.42 Å². The molecule has 1 aromatic carbocycles. The summed E-state index contributed by atoms with van der Waals surface area (Å²) in [6.45, 7) is 5.30. The van der Waals surface area contributed by atoms with Gasteiger partial charge in [-0.15, -0.1) is 0 Å². The lowest BCUT2D eigenvalue weighted by molar-refractivity contribution is 0.124. The first-order valence-electron chi connectivity index (χ1n) is 5.71. The summed E-state index contributed by atoms with van der Waals surface area (Å²) < 4.78 is 0. The number of aliphatic hydroxyl groups excluding tert-OH is 1. The fraction of sp³-hybridized carbons (Fsp3) is 0.538. The summed E-state index contributed by atoms with van der Waals surface area (Å²) in [5.74, 6) is 0.785. The lowest BCUT2D eigenvalue weighted by atomic mass is 10.1. The van der Waals surface area contributed by atoms with Gasteiger partial charge in [-0.25, -0.2) is 0 Å². The molecule has 2 rings (SSSR count). The minimum atomic E-state index is -0.337. The molecule has 1 heterocycles. The van der Waals surface area contributed by atoms with Gasteiger partial charge in [0.1, 0.15) is 0 Å². The molecular formula is C13H19NO. The van der Waals surface area contributed by atoms with Crippen molar-refractivity contribution in [2.75, 3.05) is 19.6 Å². The van der Waals surface area contributed by atoms with E-state index in [0.29, 0.717) is 0 Å². The third-order valence-electron chi connectivity index (χ3n) is 3.12. The van der Waals surface area contributed by atoms with Crippen LogP contribution in [0.25, 0.3) is 0 Å². The second-order valence-electron chi connectivity index (χ2n) is 4.58. The highest BCUT2D eigenvalue weighted by molar-refractivity contribution is 5.17. The topological polar surface area (TPSA) is 23.5 Å². The zero-order chi connectivity index (χ0) is 10.7. The van der Waals surface area contributed by atoms with E-state index in [2.05, 4.69) is 11.8 Å².